The van der Waals surface area contributed by atoms with Crippen LogP contribution in [0.25, 0.3) is 0 Å². The van der Waals surface area contributed by atoms with Crippen LogP contribution in [0, 0.1) is 6.92 Å². The summed E-state index contributed by atoms with van der Waals surface area (Å²) in [4.78, 5) is 1.08. The van der Waals surface area contributed by atoms with Crippen LogP contribution < -0.4 is 4.72 Å². The SMILES string of the molecule is CSc1ccccc1NS(=O)(=O)c1cn(C)nc1C. The van der Waals surface area contributed by atoms with Crippen LogP contribution in [0.3, 0.4) is 0 Å². The first-order valence-corrected chi connectivity index (χ1v) is 8.31. The molecule has 19 heavy (non-hydrogen) atoms. The van der Waals surface area contributed by atoms with E-state index < -0.39 is 10.0 Å². The number of rotatable bonds is 4. The zero-order valence-corrected chi connectivity index (χ0v) is 12.5. The maximum atomic E-state index is 12.3. The standard InChI is InChI=1S/C12H15N3O2S2/c1-9-12(8-15(2)13-9)19(16,17)14-10-6-4-5-7-11(10)18-3/h4-8,14H,1-3H3. The molecule has 0 fully saturated rings. The van der Waals surface area contributed by atoms with Gasteiger partial charge in [-0.05, 0) is 25.3 Å². The Kier molecular flexibility index (Phi) is 3.86. The van der Waals surface area contributed by atoms with Gasteiger partial charge in [0, 0.05) is 18.1 Å². The molecular weight excluding hydrogens is 282 g/mol. The van der Waals surface area contributed by atoms with E-state index in [0.29, 0.717) is 11.4 Å². The van der Waals surface area contributed by atoms with Crippen molar-refractivity contribution >= 4 is 27.5 Å². The molecule has 0 radical (unpaired) electrons. The normalized spacial score (nSPS) is 11.5. The topological polar surface area (TPSA) is 64.0 Å². The van der Waals surface area contributed by atoms with E-state index in [2.05, 4.69) is 9.82 Å². The molecule has 102 valence electrons. The number of thioether (sulfide) groups is 1. The summed E-state index contributed by atoms with van der Waals surface area (Å²) in [6, 6.07) is 7.29. The number of nitrogens with one attached hydrogen (secondary N) is 1. The lowest BCUT2D eigenvalue weighted by atomic mass is 10.3. The maximum Gasteiger partial charge on any atom is 0.265 e. The second kappa shape index (κ2) is 5.26. The van der Waals surface area contributed by atoms with E-state index in [4.69, 9.17) is 0 Å². The number of aromatic nitrogens is 2. The van der Waals surface area contributed by atoms with Crippen LogP contribution in [0.1, 0.15) is 5.69 Å². The largest absolute Gasteiger partial charge is 0.278 e. The second-order valence-electron chi connectivity index (χ2n) is 4.06. The van der Waals surface area contributed by atoms with Gasteiger partial charge in [0.1, 0.15) is 4.90 Å². The lowest BCUT2D eigenvalue weighted by molar-refractivity contribution is 0.600. The third-order valence-corrected chi connectivity index (χ3v) is 4.87. The lowest BCUT2D eigenvalue weighted by Gasteiger charge is -2.10. The number of nitrogens with zero attached hydrogens (tertiary/aromatic N) is 2. The minimum atomic E-state index is -3.60. The predicted molar refractivity (Wildman–Crippen MR) is 77.0 cm³/mol. The fraction of sp³-hybridized carbons (Fsp3) is 0.250. The Morgan fingerprint density at radius 1 is 1.32 bits per heavy atom. The molecule has 7 heteroatoms. The number of para-hydroxylation sites is 1. The highest BCUT2D eigenvalue weighted by atomic mass is 32.2. The van der Waals surface area contributed by atoms with Crippen LogP contribution in [-0.4, -0.2) is 24.5 Å². The molecular formula is C12H15N3O2S2. The third-order valence-electron chi connectivity index (χ3n) is 2.61. The molecule has 2 aromatic rings. The van der Waals surface area contributed by atoms with Crippen molar-refractivity contribution in [3.63, 3.8) is 0 Å². The van der Waals surface area contributed by atoms with Crippen molar-refractivity contribution in [2.75, 3.05) is 11.0 Å². The van der Waals surface area contributed by atoms with Crippen molar-refractivity contribution in [2.45, 2.75) is 16.7 Å². The summed E-state index contributed by atoms with van der Waals surface area (Å²) in [6.07, 6.45) is 3.40. The minimum Gasteiger partial charge on any atom is -0.278 e. The first-order chi connectivity index (χ1) is 8.94. The first kappa shape index (κ1) is 14.0. The van der Waals surface area contributed by atoms with E-state index in [1.807, 2.05) is 18.4 Å². The number of anilines is 1. The zero-order chi connectivity index (χ0) is 14.0. The van der Waals surface area contributed by atoms with Gasteiger partial charge in [-0.25, -0.2) is 8.42 Å². The summed E-state index contributed by atoms with van der Waals surface area (Å²) < 4.78 is 28.8. The van der Waals surface area contributed by atoms with E-state index in [-0.39, 0.29) is 4.90 Å². The van der Waals surface area contributed by atoms with Crippen molar-refractivity contribution in [2.24, 2.45) is 7.05 Å². The van der Waals surface area contributed by atoms with Gasteiger partial charge >= 0.3 is 0 Å². The van der Waals surface area contributed by atoms with Crippen LogP contribution in [0.2, 0.25) is 0 Å². The highest BCUT2D eigenvalue weighted by Gasteiger charge is 2.20. The number of sulfonamides is 1. The summed E-state index contributed by atoms with van der Waals surface area (Å²) in [7, 11) is -1.91. The number of hydrogen-bond acceptors (Lipinski definition) is 4. The van der Waals surface area contributed by atoms with E-state index in [1.165, 1.54) is 22.6 Å². The fourth-order valence-electron chi connectivity index (χ4n) is 1.77. The minimum absolute atomic E-state index is 0.200. The molecule has 0 unspecified atom stereocenters. The highest BCUT2D eigenvalue weighted by Crippen LogP contribution is 2.27. The molecule has 0 aliphatic carbocycles. The average molecular weight is 297 g/mol. The Morgan fingerprint density at radius 2 is 2.00 bits per heavy atom. The molecule has 1 heterocycles. The summed E-state index contributed by atoms with van der Waals surface area (Å²) >= 11 is 1.49. The molecule has 0 saturated carbocycles. The third kappa shape index (κ3) is 2.93. The van der Waals surface area contributed by atoms with Crippen molar-refractivity contribution in [1.82, 2.24) is 9.78 Å². The summed E-state index contributed by atoms with van der Waals surface area (Å²) in [5.41, 5.74) is 1.06. The summed E-state index contributed by atoms with van der Waals surface area (Å²) in [5.74, 6) is 0. The fourth-order valence-corrected chi connectivity index (χ4v) is 3.69. The molecule has 5 nitrogen and oxygen atoms in total. The molecule has 1 N–H and O–H groups in total. The van der Waals surface area contributed by atoms with Gasteiger partial charge in [0.25, 0.3) is 10.0 Å². The highest BCUT2D eigenvalue weighted by molar-refractivity contribution is 7.99. The lowest BCUT2D eigenvalue weighted by Crippen LogP contribution is -2.14. The van der Waals surface area contributed by atoms with Crippen molar-refractivity contribution in [1.29, 1.82) is 0 Å². The Balaban J connectivity index is 2.39. The average Bonchev–Trinajstić information content (AvgIpc) is 2.69. The summed E-state index contributed by atoms with van der Waals surface area (Å²) in [6.45, 7) is 1.68. The monoisotopic (exact) mass is 297 g/mol. The van der Waals surface area contributed by atoms with Gasteiger partial charge in [-0.15, -0.1) is 11.8 Å². The van der Waals surface area contributed by atoms with Crippen molar-refractivity contribution < 1.29 is 8.42 Å². The number of benzene rings is 1. The van der Waals surface area contributed by atoms with Gasteiger partial charge in [-0.3, -0.25) is 9.40 Å². The maximum absolute atomic E-state index is 12.3. The van der Waals surface area contributed by atoms with E-state index in [9.17, 15) is 8.42 Å². The van der Waals surface area contributed by atoms with Crippen molar-refractivity contribution in [3.05, 3.63) is 36.2 Å². The van der Waals surface area contributed by atoms with Gasteiger partial charge in [0.05, 0.1) is 11.4 Å². The zero-order valence-electron chi connectivity index (χ0n) is 10.9. The Hall–Kier alpha value is -1.47. The van der Waals surface area contributed by atoms with Gasteiger partial charge in [0.15, 0.2) is 0 Å². The number of aryl methyl sites for hydroxylation is 2. The van der Waals surface area contributed by atoms with E-state index in [0.717, 1.165) is 4.90 Å². The molecule has 2 rings (SSSR count). The molecule has 0 bridgehead atoms. The molecule has 0 aliphatic rings. The Labute approximate surface area is 117 Å². The molecule has 0 atom stereocenters. The van der Waals surface area contributed by atoms with Crippen LogP contribution in [-0.2, 0) is 17.1 Å². The molecule has 0 aliphatic heterocycles. The van der Waals surface area contributed by atoms with Crippen LogP contribution in [0.15, 0.2) is 40.3 Å². The van der Waals surface area contributed by atoms with E-state index in [1.54, 1.807) is 26.1 Å². The predicted octanol–water partition coefficient (Wildman–Crippen LogP) is 2.25. The van der Waals surface area contributed by atoms with Gasteiger partial charge < -0.3 is 0 Å². The van der Waals surface area contributed by atoms with Gasteiger partial charge in [-0.1, -0.05) is 12.1 Å². The van der Waals surface area contributed by atoms with Crippen molar-refractivity contribution in [3.8, 4) is 0 Å². The van der Waals surface area contributed by atoms with E-state index >= 15 is 0 Å². The summed E-state index contributed by atoms with van der Waals surface area (Å²) in [5, 5.41) is 4.05. The van der Waals surface area contributed by atoms with Gasteiger partial charge in [-0.2, -0.15) is 5.10 Å². The Morgan fingerprint density at radius 3 is 2.58 bits per heavy atom. The quantitative estimate of drug-likeness (QED) is 0.879. The van der Waals surface area contributed by atoms with Crippen LogP contribution in [0.5, 0.6) is 0 Å². The smallest absolute Gasteiger partial charge is 0.265 e. The first-order valence-electron chi connectivity index (χ1n) is 5.60. The molecule has 0 saturated heterocycles. The molecule has 1 aromatic heterocycles. The molecule has 0 amide bonds. The second-order valence-corrected chi connectivity index (χ2v) is 6.56. The van der Waals surface area contributed by atoms with Crippen LogP contribution >= 0.6 is 11.8 Å². The molecule has 0 spiro atoms. The van der Waals surface area contributed by atoms with Crippen LogP contribution in [0.4, 0.5) is 5.69 Å². The molecule has 1 aromatic carbocycles. The Bertz CT molecular complexity index is 693. The van der Waals surface area contributed by atoms with Gasteiger partial charge in [0.2, 0.25) is 0 Å². The number of hydrogen-bond donors (Lipinski definition) is 1.